The molecule has 0 spiro atoms. The Morgan fingerprint density at radius 1 is 0.812 bits per heavy atom. The lowest BCUT2D eigenvalue weighted by atomic mass is 10.1. The normalized spacial score (nSPS) is 11.8. The predicted octanol–water partition coefficient (Wildman–Crippen LogP) is 6.78. The Morgan fingerprint density at radius 3 is 2.00 bits per heavy atom. The van der Waals surface area contributed by atoms with Gasteiger partial charge in [-0.05, 0) is 49.2 Å². The second-order valence-electron chi connectivity index (χ2n) is 8.08. The highest BCUT2D eigenvalue weighted by atomic mass is 32.2. The van der Waals surface area contributed by atoms with Gasteiger partial charge < -0.3 is 19.1 Å². The maximum atomic E-state index is 12.2. The Bertz CT molecular complexity index is 826. The van der Waals surface area contributed by atoms with Crippen molar-refractivity contribution in [2.45, 2.75) is 78.1 Å². The number of hydrogen-bond donors (Lipinski definition) is 3. The van der Waals surface area contributed by atoms with Gasteiger partial charge in [0.25, 0.3) is 0 Å². The van der Waals surface area contributed by atoms with Crippen LogP contribution in [0.3, 0.4) is 0 Å². The highest BCUT2D eigenvalue weighted by Gasteiger charge is 2.10. The quantitative estimate of drug-likeness (QED) is 0.145. The van der Waals surface area contributed by atoms with Crippen molar-refractivity contribution in [3.8, 4) is 23.0 Å². The monoisotopic (exact) mass is 463 g/mol. The molecule has 0 aromatic heterocycles. The summed E-state index contributed by atoms with van der Waals surface area (Å²) in [5.74, 6) is 1.02. The Kier molecular flexibility index (Phi) is 11.8. The Morgan fingerprint density at radius 2 is 1.38 bits per heavy atom. The molecule has 0 radical (unpaired) electrons. The Hall–Kier alpha value is -2.41. The molecule has 0 bridgehead atoms. The minimum Gasteiger partial charge on any atom is -0.508 e. The summed E-state index contributed by atoms with van der Waals surface area (Å²) in [6.07, 6.45) is 12.9. The molecule has 7 heteroatoms. The zero-order chi connectivity index (χ0) is 23.2. The van der Waals surface area contributed by atoms with Crippen molar-refractivity contribution < 1.29 is 23.3 Å². The molecular formula is C25H37NO5S. The maximum Gasteiger partial charge on any atom is 0.316 e. The van der Waals surface area contributed by atoms with Crippen LogP contribution in [0.15, 0.2) is 36.4 Å². The molecule has 3 N–H and O–H groups in total. The van der Waals surface area contributed by atoms with Crippen molar-refractivity contribution in [2.75, 3.05) is 11.3 Å². The van der Waals surface area contributed by atoms with Gasteiger partial charge in [0.1, 0.15) is 23.0 Å². The fourth-order valence-corrected chi connectivity index (χ4v) is 4.00. The van der Waals surface area contributed by atoms with E-state index in [4.69, 9.17) is 8.92 Å². The molecule has 6 nitrogen and oxygen atoms in total. The van der Waals surface area contributed by atoms with Gasteiger partial charge in [0.05, 0.1) is 12.3 Å². The van der Waals surface area contributed by atoms with E-state index in [2.05, 4.69) is 11.6 Å². The standard InChI is InChI=1S/C25H37NO5S/c1-3-4-5-6-7-8-9-10-11-12-17-30-21-13-15-22(16-14-21)31-32(29)26-23-19-24(27)20(2)18-25(23)28/h13-16,18-19,26-28H,3-12,17H2,1-2H3. The van der Waals surface area contributed by atoms with Crippen LogP contribution in [0.1, 0.15) is 76.7 Å². The fraction of sp³-hybridized carbons (Fsp3) is 0.520. The Balaban J connectivity index is 1.61. The first-order chi connectivity index (χ1) is 15.5. The number of hydrogen-bond acceptors (Lipinski definition) is 5. The van der Waals surface area contributed by atoms with Crippen LogP contribution in [0.2, 0.25) is 0 Å². The fourth-order valence-electron chi connectivity index (χ4n) is 3.33. The summed E-state index contributed by atoms with van der Waals surface area (Å²) in [7, 11) is 0. The SMILES string of the molecule is CCCCCCCCCCCCOc1ccc(OS(=O)Nc2cc(O)c(C)cc2O)cc1. The van der Waals surface area contributed by atoms with Gasteiger partial charge in [-0.1, -0.05) is 64.7 Å². The van der Waals surface area contributed by atoms with Crippen LogP contribution in [0.4, 0.5) is 5.69 Å². The van der Waals surface area contributed by atoms with E-state index in [-0.39, 0.29) is 17.2 Å². The number of anilines is 1. The van der Waals surface area contributed by atoms with Gasteiger partial charge in [0.15, 0.2) is 0 Å². The highest BCUT2D eigenvalue weighted by molar-refractivity contribution is 7.82. The summed E-state index contributed by atoms with van der Waals surface area (Å²) in [6.45, 7) is 4.59. The summed E-state index contributed by atoms with van der Waals surface area (Å²) in [4.78, 5) is 0. The number of rotatable bonds is 16. The van der Waals surface area contributed by atoms with Crippen LogP contribution in [-0.2, 0) is 11.3 Å². The number of phenols is 2. The van der Waals surface area contributed by atoms with Gasteiger partial charge in [-0.3, -0.25) is 4.72 Å². The second kappa shape index (κ2) is 14.6. The molecule has 0 saturated carbocycles. The summed E-state index contributed by atoms with van der Waals surface area (Å²) < 4.78 is 25.8. The van der Waals surface area contributed by atoms with Crippen LogP contribution < -0.4 is 13.6 Å². The number of aromatic hydroxyl groups is 2. The molecule has 2 aromatic rings. The third-order valence-electron chi connectivity index (χ3n) is 5.27. The van der Waals surface area contributed by atoms with Crippen molar-refractivity contribution >= 4 is 17.0 Å². The molecule has 1 atom stereocenters. The number of phenolic OH excluding ortho intramolecular Hbond substituents is 2. The van der Waals surface area contributed by atoms with Crippen LogP contribution in [0.25, 0.3) is 0 Å². The molecule has 0 amide bonds. The topological polar surface area (TPSA) is 88.0 Å². The lowest BCUT2D eigenvalue weighted by molar-refractivity contribution is 0.304. The van der Waals surface area contributed by atoms with Crippen LogP contribution in [0, 0.1) is 6.92 Å². The van der Waals surface area contributed by atoms with Crippen LogP contribution in [0.5, 0.6) is 23.0 Å². The van der Waals surface area contributed by atoms with E-state index in [1.807, 2.05) is 0 Å². The third kappa shape index (κ3) is 9.81. The molecule has 2 rings (SSSR count). The molecule has 32 heavy (non-hydrogen) atoms. The largest absolute Gasteiger partial charge is 0.508 e. The average molecular weight is 464 g/mol. The van der Waals surface area contributed by atoms with Gasteiger partial charge in [-0.25, -0.2) is 0 Å². The predicted molar refractivity (Wildman–Crippen MR) is 131 cm³/mol. The first kappa shape index (κ1) is 25.8. The van der Waals surface area contributed by atoms with Gasteiger partial charge in [0.2, 0.25) is 0 Å². The first-order valence-electron chi connectivity index (χ1n) is 11.6. The minimum absolute atomic E-state index is 0.00814. The van der Waals surface area contributed by atoms with E-state index >= 15 is 0 Å². The van der Waals surface area contributed by atoms with Gasteiger partial charge in [-0.15, -0.1) is 0 Å². The Labute approximate surface area is 194 Å². The van der Waals surface area contributed by atoms with Gasteiger partial charge in [0, 0.05) is 6.07 Å². The van der Waals surface area contributed by atoms with Crippen molar-refractivity contribution in [3.05, 3.63) is 42.0 Å². The van der Waals surface area contributed by atoms with E-state index in [9.17, 15) is 14.4 Å². The summed E-state index contributed by atoms with van der Waals surface area (Å²) in [6, 6.07) is 9.60. The number of nitrogens with one attached hydrogen (secondary N) is 1. The van der Waals surface area contributed by atoms with Crippen molar-refractivity contribution in [2.24, 2.45) is 0 Å². The maximum absolute atomic E-state index is 12.2. The molecule has 0 fully saturated rings. The lowest BCUT2D eigenvalue weighted by Gasteiger charge is -2.11. The van der Waals surface area contributed by atoms with Gasteiger partial charge in [-0.2, -0.15) is 4.21 Å². The molecule has 0 aliphatic heterocycles. The molecule has 0 aliphatic rings. The van der Waals surface area contributed by atoms with Crippen molar-refractivity contribution in [1.29, 1.82) is 0 Å². The van der Waals surface area contributed by atoms with Crippen molar-refractivity contribution in [3.63, 3.8) is 0 Å². The van der Waals surface area contributed by atoms with Crippen LogP contribution >= 0.6 is 0 Å². The van der Waals surface area contributed by atoms with E-state index in [1.54, 1.807) is 31.2 Å². The highest BCUT2D eigenvalue weighted by Crippen LogP contribution is 2.31. The summed E-state index contributed by atoms with van der Waals surface area (Å²) >= 11 is -1.93. The van der Waals surface area contributed by atoms with Crippen molar-refractivity contribution in [1.82, 2.24) is 0 Å². The smallest absolute Gasteiger partial charge is 0.316 e. The van der Waals surface area contributed by atoms with E-state index in [0.717, 1.165) is 12.2 Å². The summed E-state index contributed by atoms with van der Waals surface area (Å²) in [5.41, 5.74) is 0.649. The molecule has 2 aromatic carbocycles. The average Bonchev–Trinajstić information content (AvgIpc) is 2.77. The van der Waals surface area contributed by atoms with E-state index in [1.165, 1.54) is 69.9 Å². The zero-order valence-electron chi connectivity index (χ0n) is 19.3. The molecule has 0 heterocycles. The second-order valence-corrected chi connectivity index (χ2v) is 8.92. The van der Waals surface area contributed by atoms with E-state index in [0.29, 0.717) is 17.9 Å². The number of benzene rings is 2. The molecular weight excluding hydrogens is 426 g/mol. The molecule has 1 unspecified atom stereocenters. The van der Waals surface area contributed by atoms with Crippen LogP contribution in [-0.4, -0.2) is 21.0 Å². The number of ether oxygens (including phenoxy) is 1. The summed E-state index contributed by atoms with van der Waals surface area (Å²) in [5, 5.41) is 19.6. The zero-order valence-corrected chi connectivity index (χ0v) is 20.1. The number of unbranched alkanes of at least 4 members (excludes halogenated alkanes) is 9. The molecule has 0 saturated heterocycles. The van der Waals surface area contributed by atoms with Gasteiger partial charge >= 0.3 is 11.3 Å². The minimum atomic E-state index is -1.93. The van der Waals surface area contributed by atoms with E-state index < -0.39 is 11.3 Å². The third-order valence-corrected chi connectivity index (χ3v) is 6.00. The molecule has 178 valence electrons. The lowest BCUT2D eigenvalue weighted by Crippen LogP contribution is -2.11. The number of aryl methyl sites for hydroxylation is 1. The molecule has 0 aliphatic carbocycles. The first-order valence-corrected chi connectivity index (χ1v) is 12.7.